The van der Waals surface area contributed by atoms with Crippen LogP contribution in [-0.2, 0) is 32.7 Å². The maximum atomic E-state index is 8.12. The fourth-order valence-corrected chi connectivity index (χ4v) is 0. The minimum absolute atomic E-state index is 0. The fourth-order valence-electron chi connectivity index (χ4n) is 0. The van der Waals surface area contributed by atoms with E-state index < -0.39 is 0 Å². The maximum absolute atomic E-state index is 8.12. The van der Waals surface area contributed by atoms with Crippen molar-refractivity contribution in [3.05, 3.63) is 10.1 Å². The van der Waals surface area contributed by atoms with Crippen molar-refractivity contribution in [3.63, 3.8) is 0 Å². The van der Waals surface area contributed by atoms with Gasteiger partial charge in [0.1, 0.15) is 0 Å². The van der Waals surface area contributed by atoms with Crippen LogP contribution < -0.4 is 5.34 Å². The van der Waals surface area contributed by atoms with Crippen molar-refractivity contribution >= 4 is 0 Å². The monoisotopic (exact) mass is 136 g/mol. The molecule has 4 heteroatoms. The largest absolute Gasteiger partial charge is 0.267 e. The van der Waals surface area contributed by atoms with E-state index in [4.69, 9.17) is 10.1 Å². The molecule has 0 aliphatic heterocycles. The summed E-state index contributed by atoms with van der Waals surface area (Å²) in [6.07, 6.45) is 0. The molecule has 1 radical (unpaired) electrons. The predicted molar refractivity (Wildman–Crippen MR) is 7.70 cm³/mol. The molecule has 0 rings (SSSR count). The second-order valence-electron chi connectivity index (χ2n) is 0.0833. The molecular formula is HNO2Y. The molecule has 0 fully saturated rings. The van der Waals surface area contributed by atoms with Crippen molar-refractivity contribution in [2.75, 3.05) is 0 Å². The van der Waals surface area contributed by atoms with E-state index in [1.54, 1.807) is 0 Å². The van der Waals surface area contributed by atoms with Crippen LogP contribution in [0.2, 0.25) is 0 Å². The summed E-state index contributed by atoms with van der Waals surface area (Å²) in [4.78, 5) is 8.12. The van der Waals surface area contributed by atoms with Gasteiger partial charge >= 0.3 is 0 Å². The van der Waals surface area contributed by atoms with Gasteiger partial charge in [0.15, 0.2) is 0 Å². The second kappa shape index (κ2) is 9.71. The van der Waals surface area contributed by atoms with Crippen LogP contribution in [-0.4, -0.2) is 0 Å². The molecule has 3 nitrogen and oxygen atoms in total. The standard InChI is InChI=1S/HNO2.Y/c2-1-3;/h1H;. The van der Waals surface area contributed by atoms with Gasteiger partial charge in [0, 0.05) is 38.0 Å². The summed E-state index contributed by atoms with van der Waals surface area (Å²) in [7, 11) is 0. The average molecular weight is 136 g/mol. The molecule has 1 N–H and O–H groups in total. The Bertz CT molecular complexity index is 13.5. The van der Waals surface area contributed by atoms with Crippen LogP contribution >= 0.6 is 0 Å². The summed E-state index contributed by atoms with van der Waals surface area (Å²) >= 11 is 0. The maximum Gasteiger partial charge on any atom is 0.00366 e. The van der Waals surface area contributed by atoms with Crippen molar-refractivity contribution in [2.24, 2.45) is 0 Å². The summed E-state index contributed by atoms with van der Waals surface area (Å²) in [5.41, 5.74) is 0. The molecule has 0 atom stereocenters. The molecule has 0 saturated heterocycles. The molecule has 0 aromatic rings. The zero-order valence-corrected chi connectivity index (χ0v) is 4.73. The smallest absolute Gasteiger partial charge is 0.00366 e. The molecule has 0 heterocycles. The van der Waals surface area contributed by atoms with Crippen LogP contribution in [0.3, 0.4) is 0 Å². The van der Waals surface area contributed by atoms with Gasteiger partial charge in [-0.1, -0.05) is 0 Å². The number of rotatable bonds is 0. The van der Waals surface area contributed by atoms with Crippen LogP contribution in [0.15, 0.2) is 0 Å². The minimum atomic E-state index is 0. The Balaban J connectivity index is 0. The Kier molecular flexibility index (Phi) is 21.4. The Labute approximate surface area is 48.2 Å². The van der Waals surface area contributed by atoms with E-state index in [1.807, 2.05) is 0 Å². The van der Waals surface area contributed by atoms with Crippen molar-refractivity contribution in [2.45, 2.75) is 0 Å². The zero-order valence-electron chi connectivity index (χ0n) is 1.89. The van der Waals surface area contributed by atoms with Gasteiger partial charge < -0.3 is 0 Å². The van der Waals surface area contributed by atoms with E-state index in [2.05, 4.69) is 0 Å². The molecular weight excluding hydrogens is 135 g/mol. The fraction of sp³-hybridized carbons (Fsp3) is 0. The van der Waals surface area contributed by atoms with Crippen LogP contribution in [0.5, 0.6) is 0 Å². The molecule has 0 aliphatic carbocycles. The Morgan fingerprint density at radius 3 is 1.75 bits per heavy atom. The van der Waals surface area contributed by atoms with Gasteiger partial charge in [0.2, 0.25) is 0 Å². The van der Waals surface area contributed by atoms with Gasteiger partial charge in [-0.25, -0.2) is 0 Å². The Hall–Kier alpha value is 0.504. The second-order valence-corrected chi connectivity index (χ2v) is 0.0833. The molecule has 0 bridgehead atoms. The van der Waals surface area contributed by atoms with Gasteiger partial charge in [0.25, 0.3) is 0 Å². The third kappa shape index (κ3) is 22.3. The Morgan fingerprint density at radius 1 is 1.75 bits per heavy atom. The number of nitrogens with one attached hydrogen (secondary N) is 1. The van der Waals surface area contributed by atoms with E-state index in [1.165, 1.54) is 0 Å². The molecule has 0 spiro atoms. The van der Waals surface area contributed by atoms with Crippen molar-refractivity contribution in [1.82, 2.24) is 0 Å². The molecule has 0 aliphatic rings. The number of hydrogen-bond donors (Lipinski definition) is 1. The van der Waals surface area contributed by atoms with Gasteiger partial charge in [-0.05, 0) is 0 Å². The first-order chi connectivity index (χ1) is 1.41. The third-order valence-electron chi connectivity index (χ3n) is 0. The zero-order chi connectivity index (χ0) is 2.71. The summed E-state index contributed by atoms with van der Waals surface area (Å²) in [5.74, 6) is 0. The molecule has 4 heavy (non-hydrogen) atoms. The SMILES string of the molecule is O=[NH+][O-].[Y]. The molecule has 0 aromatic heterocycles. The van der Waals surface area contributed by atoms with Crippen molar-refractivity contribution in [3.8, 4) is 0 Å². The predicted octanol–water partition coefficient (Wildman–Crippen LogP) is -1.67. The normalized spacial score (nSPS) is 3.00. The molecule has 0 aromatic carbocycles. The summed E-state index contributed by atoms with van der Waals surface area (Å²) in [6.45, 7) is 0. The van der Waals surface area contributed by atoms with Crippen molar-refractivity contribution < 1.29 is 38.0 Å². The summed E-state index contributed by atoms with van der Waals surface area (Å²) < 4.78 is 0. The molecule has 0 amide bonds. The first kappa shape index (κ1) is 8.82. The van der Waals surface area contributed by atoms with Crippen molar-refractivity contribution in [1.29, 1.82) is 0 Å². The third-order valence-corrected chi connectivity index (χ3v) is 0. The van der Waals surface area contributed by atoms with Crippen LogP contribution in [0.25, 0.3) is 0 Å². The average Bonchev–Trinajstić information content (AvgIpc) is 0.918. The minimum Gasteiger partial charge on any atom is -0.267 e. The summed E-state index contributed by atoms with van der Waals surface area (Å²) in [5, 5.41) is 8.38. The first-order valence-corrected chi connectivity index (χ1v) is 0.408. The van der Waals surface area contributed by atoms with Gasteiger partial charge in [-0.2, -0.15) is 0 Å². The van der Waals surface area contributed by atoms with E-state index in [0.717, 1.165) is 0 Å². The van der Waals surface area contributed by atoms with E-state index in [-0.39, 0.29) is 38.0 Å². The van der Waals surface area contributed by atoms with Crippen LogP contribution in [0.4, 0.5) is 0 Å². The van der Waals surface area contributed by atoms with E-state index in [0.29, 0.717) is 0 Å². The number of hydrogen-bond acceptors (Lipinski definition) is 2. The first-order valence-electron chi connectivity index (χ1n) is 0.408. The van der Waals surface area contributed by atoms with E-state index >= 15 is 0 Å². The molecule has 0 unspecified atom stereocenters. The van der Waals surface area contributed by atoms with E-state index in [9.17, 15) is 0 Å². The summed E-state index contributed by atoms with van der Waals surface area (Å²) in [6, 6.07) is 0. The van der Waals surface area contributed by atoms with Gasteiger partial charge in [-0.3, -0.25) is 10.1 Å². The Morgan fingerprint density at radius 2 is 1.75 bits per heavy atom. The quantitative estimate of drug-likeness (QED) is 0.319. The van der Waals surface area contributed by atoms with Gasteiger partial charge in [-0.15, -0.1) is 0 Å². The van der Waals surface area contributed by atoms with Crippen LogP contribution in [0, 0.1) is 10.1 Å². The molecule has 21 valence electrons. The topological polar surface area (TPSA) is 54.1 Å². The molecule has 0 saturated carbocycles. The van der Waals surface area contributed by atoms with Crippen LogP contribution in [0.1, 0.15) is 0 Å². The van der Waals surface area contributed by atoms with Gasteiger partial charge in [0.05, 0.1) is 0 Å².